The molecule has 0 bridgehead atoms. The lowest BCUT2D eigenvalue weighted by Crippen LogP contribution is -2.34. The third-order valence-corrected chi connectivity index (χ3v) is 4.01. The number of anilines is 1. The molecule has 0 radical (unpaired) electrons. The maximum Gasteiger partial charge on any atom is 0.277 e. The van der Waals surface area contributed by atoms with E-state index in [0.717, 1.165) is 21.7 Å². The summed E-state index contributed by atoms with van der Waals surface area (Å²) >= 11 is 1.62. The van der Waals surface area contributed by atoms with Gasteiger partial charge in [-0.15, -0.1) is 0 Å². The van der Waals surface area contributed by atoms with E-state index in [1.54, 1.807) is 11.3 Å². The molecule has 6 heteroatoms. The van der Waals surface area contributed by atoms with Crippen LogP contribution in [0.1, 0.15) is 0 Å². The van der Waals surface area contributed by atoms with Crippen LogP contribution in [0.15, 0.2) is 52.9 Å². The van der Waals surface area contributed by atoms with Crippen LogP contribution in [0.25, 0.3) is 11.1 Å². The van der Waals surface area contributed by atoms with Gasteiger partial charge in [0.25, 0.3) is 11.8 Å². The Balaban J connectivity index is 1.80. The number of nitrogens with zero attached hydrogens (tertiary/aromatic N) is 1. The number of amides is 2. The van der Waals surface area contributed by atoms with Crippen LogP contribution in [-0.4, -0.2) is 35.0 Å². The third-order valence-electron chi connectivity index (χ3n) is 3.33. The van der Waals surface area contributed by atoms with E-state index in [-0.39, 0.29) is 18.8 Å². The zero-order chi connectivity index (χ0) is 15.5. The number of carbonyl (C=O) groups is 2. The van der Waals surface area contributed by atoms with Gasteiger partial charge >= 0.3 is 0 Å². The maximum absolute atomic E-state index is 12.1. The SMILES string of the molecule is O=C1C=C(Nc2cccc(-c3ccsc3)c2)C(=O)N1CCO. The second-order valence-corrected chi connectivity index (χ2v) is 5.57. The second-order valence-electron chi connectivity index (χ2n) is 4.79. The summed E-state index contributed by atoms with van der Waals surface area (Å²) in [5, 5.41) is 15.9. The van der Waals surface area contributed by atoms with E-state index in [0.29, 0.717) is 0 Å². The highest BCUT2D eigenvalue weighted by Crippen LogP contribution is 2.26. The number of aliphatic hydroxyl groups is 1. The number of rotatable bonds is 5. The Morgan fingerprint density at radius 2 is 2.05 bits per heavy atom. The van der Waals surface area contributed by atoms with Gasteiger partial charge in [0.1, 0.15) is 5.70 Å². The monoisotopic (exact) mass is 314 g/mol. The van der Waals surface area contributed by atoms with Crippen LogP contribution in [-0.2, 0) is 9.59 Å². The fourth-order valence-electron chi connectivity index (χ4n) is 2.27. The molecule has 1 aromatic carbocycles. The maximum atomic E-state index is 12.1. The average molecular weight is 314 g/mol. The first-order valence-electron chi connectivity index (χ1n) is 6.77. The number of thiophene rings is 1. The number of hydrogen-bond donors (Lipinski definition) is 2. The fourth-order valence-corrected chi connectivity index (χ4v) is 2.94. The molecule has 0 unspecified atom stereocenters. The number of nitrogens with one attached hydrogen (secondary N) is 1. The van der Waals surface area contributed by atoms with Gasteiger partial charge in [0.2, 0.25) is 0 Å². The van der Waals surface area contributed by atoms with Gasteiger partial charge < -0.3 is 10.4 Å². The quantitative estimate of drug-likeness (QED) is 0.829. The van der Waals surface area contributed by atoms with Gasteiger partial charge in [-0.1, -0.05) is 12.1 Å². The molecule has 0 saturated heterocycles. The average Bonchev–Trinajstić information content (AvgIpc) is 3.13. The number of aliphatic hydroxyl groups excluding tert-OH is 1. The molecule has 0 atom stereocenters. The lowest BCUT2D eigenvalue weighted by Gasteiger charge is -2.13. The summed E-state index contributed by atoms with van der Waals surface area (Å²) in [6.07, 6.45) is 1.26. The van der Waals surface area contributed by atoms with E-state index >= 15 is 0 Å². The molecule has 22 heavy (non-hydrogen) atoms. The van der Waals surface area contributed by atoms with Crippen molar-refractivity contribution >= 4 is 28.8 Å². The molecule has 0 saturated carbocycles. The van der Waals surface area contributed by atoms with Crippen molar-refractivity contribution in [2.75, 3.05) is 18.5 Å². The zero-order valence-corrected chi connectivity index (χ0v) is 12.5. The molecule has 2 amide bonds. The second kappa shape index (κ2) is 6.13. The minimum Gasteiger partial charge on any atom is -0.395 e. The van der Waals surface area contributed by atoms with Crippen LogP contribution in [0.2, 0.25) is 0 Å². The Morgan fingerprint density at radius 1 is 1.18 bits per heavy atom. The van der Waals surface area contributed by atoms with Crippen molar-refractivity contribution in [2.45, 2.75) is 0 Å². The molecular weight excluding hydrogens is 300 g/mol. The van der Waals surface area contributed by atoms with Crippen LogP contribution < -0.4 is 5.32 Å². The standard InChI is InChI=1S/C16H14N2O3S/c19-6-5-18-15(20)9-14(16(18)21)17-13-3-1-2-11(8-13)12-4-7-22-10-12/h1-4,7-10,17,19H,5-6H2. The number of hydrogen-bond acceptors (Lipinski definition) is 5. The number of β-amino-alcohol motifs (C(OH)–C–C–N with tert-alkyl or cyclic N) is 1. The predicted octanol–water partition coefficient (Wildman–Crippen LogP) is 2.07. The van der Waals surface area contributed by atoms with Crippen molar-refractivity contribution in [3.8, 4) is 11.1 Å². The topological polar surface area (TPSA) is 69.6 Å². The normalized spacial score (nSPS) is 14.4. The molecule has 0 spiro atoms. The van der Waals surface area contributed by atoms with Gasteiger partial charge in [-0.05, 0) is 40.1 Å². The van der Waals surface area contributed by atoms with Crippen molar-refractivity contribution in [2.24, 2.45) is 0 Å². The molecule has 2 N–H and O–H groups in total. The highest BCUT2D eigenvalue weighted by Gasteiger charge is 2.30. The summed E-state index contributed by atoms with van der Waals surface area (Å²) in [7, 11) is 0. The first-order valence-corrected chi connectivity index (χ1v) is 7.71. The van der Waals surface area contributed by atoms with E-state index in [9.17, 15) is 9.59 Å². The van der Waals surface area contributed by atoms with Crippen molar-refractivity contribution in [3.63, 3.8) is 0 Å². The predicted molar refractivity (Wildman–Crippen MR) is 85.3 cm³/mol. The molecule has 112 valence electrons. The van der Waals surface area contributed by atoms with Crippen LogP contribution in [0.4, 0.5) is 5.69 Å². The summed E-state index contributed by atoms with van der Waals surface area (Å²) in [5.74, 6) is -0.824. The van der Waals surface area contributed by atoms with Crippen molar-refractivity contribution in [1.82, 2.24) is 4.90 Å². The molecule has 5 nitrogen and oxygen atoms in total. The Bertz CT molecular complexity index is 738. The lowest BCUT2D eigenvalue weighted by atomic mass is 10.1. The smallest absolute Gasteiger partial charge is 0.277 e. The summed E-state index contributed by atoms with van der Waals surface area (Å²) in [6, 6.07) is 9.67. The highest BCUT2D eigenvalue weighted by molar-refractivity contribution is 7.08. The van der Waals surface area contributed by atoms with Crippen molar-refractivity contribution in [1.29, 1.82) is 0 Å². The van der Waals surface area contributed by atoms with Crippen LogP contribution in [0.3, 0.4) is 0 Å². The van der Waals surface area contributed by atoms with Crippen LogP contribution in [0.5, 0.6) is 0 Å². The summed E-state index contributed by atoms with van der Waals surface area (Å²) in [6.45, 7) is -0.236. The molecule has 2 aromatic rings. The van der Waals surface area contributed by atoms with Gasteiger partial charge in [0.05, 0.1) is 13.2 Å². The minimum absolute atomic E-state index is 0.00822. The summed E-state index contributed by atoms with van der Waals surface area (Å²) in [4.78, 5) is 24.8. The van der Waals surface area contributed by atoms with Crippen LogP contribution >= 0.6 is 11.3 Å². The summed E-state index contributed by atoms with van der Waals surface area (Å²) < 4.78 is 0. The largest absolute Gasteiger partial charge is 0.395 e. The zero-order valence-electron chi connectivity index (χ0n) is 11.7. The van der Waals surface area contributed by atoms with Gasteiger partial charge in [0.15, 0.2) is 0 Å². The van der Waals surface area contributed by atoms with Gasteiger partial charge in [0, 0.05) is 11.8 Å². The molecule has 1 aromatic heterocycles. The molecule has 3 rings (SSSR count). The molecular formula is C16H14N2O3S. The van der Waals surface area contributed by atoms with Crippen molar-refractivity contribution < 1.29 is 14.7 Å². The van der Waals surface area contributed by atoms with Crippen LogP contribution in [0, 0.1) is 0 Å². The Morgan fingerprint density at radius 3 is 2.77 bits per heavy atom. The molecule has 1 aliphatic rings. The minimum atomic E-state index is -0.417. The summed E-state index contributed by atoms with van der Waals surface area (Å²) in [5.41, 5.74) is 3.11. The van der Waals surface area contributed by atoms with E-state index in [4.69, 9.17) is 5.11 Å². The Hall–Kier alpha value is -2.44. The first kappa shape index (κ1) is 14.5. The molecule has 0 aliphatic carbocycles. The molecule has 1 aliphatic heterocycles. The first-order chi connectivity index (χ1) is 10.7. The molecule has 2 heterocycles. The van der Waals surface area contributed by atoms with E-state index in [1.165, 1.54) is 6.08 Å². The Kier molecular flexibility index (Phi) is 4.04. The third kappa shape index (κ3) is 2.79. The van der Waals surface area contributed by atoms with E-state index in [2.05, 4.69) is 5.32 Å². The molecule has 0 fully saturated rings. The fraction of sp³-hybridized carbons (Fsp3) is 0.125. The number of imide groups is 1. The Labute approximate surface area is 131 Å². The van der Waals surface area contributed by atoms with E-state index < -0.39 is 11.8 Å². The lowest BCUT2D eigenvalue weighted by molar-refractivity contribution is -0.137. The number of benzene rings is 1. The van der Waals surface area contributed by atoms with Gasteiger partial charge in [-0.3, -0.25) is 14.5 Å². The van der Waals surface area contributed by atoms with Gasteiger partial charge in [-0.2, -0.15) is 11.3 Å². The highest BCUT2D eigenvalue weighted by atomic mass is 32.1. The number of carbonyl (C=O) groups excluding carboxylic acids is 2. The van der Waals surface area contributed by atoms with Gasteiger partial charge in [-0.25, -0.2) is 0 Å². The van der Waals surface area contributed by atoms with Crippen molar-refractivity contribution in [3.05, 3.63) is 52.9 Å². The van der Waals surface area contributed by atoms with E-state index in [1.807, 2.05) is 41.1 Å².